The fraction of sp³-hybridized carbons (Fsp3) is 0.900. The molecule has 0 aromatic rings. The Morgan fingerprint density at radius 3 is 2.79 bits per heavy atom. The number of aliphatic hydroxyl groups is 1. The van der Waals surface area contributed by atoms with Crippen molar-refractivity contribution in [3.8, 4) is 0 Å². The van der Waals surface area contributed by atoms with Gasteiger partial charge in [-0.05, 0) is 27.2 Å². The molecule has 1 fully saturated rings. The lowest BCUT2D eigenvalue weighted by Gasteiger charge is -2.30. The summed E-state index contributed by atoms with van der Waals surface area (Å²) in [6.07, 6.45) is 1.45. The summed E-state index contributed by atoms with van der Waals surface area (Å²) in [5.41, 5.74) is -0.711. The molecule has 1 heterocycles. The van der Waals surface area contributed by atoms with E-state index in [1.54, 1.807) is 13.8 Å². The summed E-state index contributed by atoms with van der Waals surface area (Å²) < 4.78 is 0. The maximum atomic E-state index is 11.2. The van der Waals surface area contributed by atoms with E-state index in [2.05, 4.69) is 10.6 Å². The number of piperidine rings is 1. The molecule has 3 N–H and O–H groups in total. The first-order valence-electron chi connectivity index (χ1n) is 5.12. The lowest BCUT2D eigenvalue weighted by molar-refractivity contribution is -0.123. The summed E-state index contributed by atoms with van der Waals surface area (Å²) in [5, 5.41) is 15.6. The summed E-state index contributed by atoms with van der Waals surface area (Å²) in [6, 6.07) is 0.431. The smallest absolute Gasteiger partial charge is 0.221 e. The topological polar surface area (TPSA) is 61.4 Å². The quantitative estimate of drug-likeness (QED) is 0.601. The van der Waals surface area contributed by atoms with Crippen molar-refractivity contribution >= 4 is 5.91 Å². The first-order valence-corrected chi connectivity index (χ1v) is 5.12. The normalized spacial score (nSPS) is 28.7. The van der Waals surface area contributed by atoms with E-state index in [0.29, 0.717) is 13.0 Å². The molecule has 1 rings (SSSR count). The fourth-order valence-electron chi connectivity index (χ4n) is 1.68. The van der Waals surface area contributed by atoms with Gasteiger partial charge in [-0.1, -0.05) is 0 Å². The van der Waals surface area contributed by atoms with Crippen molar-refractivity contribution in [2.24, 2.45) is 0 Å². The van der Waals surface area contributed by atoms with Crippen molar-refractivity contribution in [1.82, 2.24) is 10.6 Å². The van der Waals surface area contributed by atoms with Gasteiger partial charge in [-0.3, -0.25) is 4.79 Å². The third-order valence-electron chi connectivity index (χ3n) is 2.30. The zero-order valence-corrected chi connectivity index (χ0v) is 9.13. The van der Waals surface area contributed by atoms with Gasteiger partial charge in [0.25, 0.3) is 0 Å². The molecule has 0 radical (unpaired) electrons. The van der Waals surface area contributed by atoms with Gasteiger partial charge >= 0.3 is 0 Å². The number of amides is 1. The number of carbonyl (C=O) groups is 1. The highest BCUT2D eigenvalue weighted by molar-refractivity contribution is 5.77. The summed E-state index contributed by atoms with van der Waals surface area (Å²) >= 11 is 0. The Morgan fingerprint density at radius 1 is 1.64 bits per heavy atom. The van der Waals surface area contributed by atoms with Crippen molar-refractivity contribution in [3.63, 3.8) is 0 Å². The standard InChI is InChI=1S/C10H20N2O2/c1-7-4-8(5-9(13)12-7)11-6-10(2,3)14/h7-8,11,14H,4-6H2,1-3H3,(H,12,13). The van der Waals surface area contributed by atoms with E-state index >= 15 is 0 Å². The molecular weight excluding hydrogens is 180 g/mol. The highest BCUT2D eigenvalue weighted by Gasteiger charge is 2.24. The minimum Gasteiger partial charge on any atom is -0.389 e. The van der Waals surface area contributed by atoms with Gasteiger partial charge in [-0.25, -0.2) is 0 Å². The van der Waals surface area contributed by atoms with Gasteiger partial charge in [0.1, 0.15) is 0 Å². The van der Waals surface area contributed by atoms with E-state index < -0.39 is 5.60 Å². The highest BCUT2D eigenvalue weighted by Crippen LogP contribution is 2.10. The predicted molar refractivity (Wildman–Crippen MR) is 54.9 cm³/mol. The molecule has 4 heteroatoms. The molecule has 82 valence electrons. The molecule has 0 aromatic carbocycles. The number of hydrogen-bond donors (Lipinski definition) is 3. The van der Waals surface area contributed by atoms with Gasteiger partial charge in [-0.15, -0.1) is 0 Å². The lowest BCUT2D eigenvalue weighted by atomic mass is 9.99. The van der Waals surface area contributed by atoms with Crippen LogP contribution in [-0.2, 0) is 4.79 Å². The molecule has 0 bridgehead atoms. The molecule has 2 unspecified atom stereocenters. The fourth-order valence-corrected chi connectivity index (χ4v) is 1.68. The summed E-state index contributed by atoms with van der Waals surface area (Å²) in [6.45, 7) is 6.03. The second-order valence-corrected chi connectivity index (χ2v) is 4.80. The van der Waals surface area contributed by atoms with Crippen molar-refractivity contribution in [1.29, 1.82) is 0 Å². The maximum Gasteiger partial charge on any atom is 0.221 e. The first kappa shape index (κ1) is 11.5. The Kier molecular flexibility index (Phi) is 3.50. The number of rotatable bonds is 3. The van der Waals surface area contributed by atoms with Crippen molar-refractivity contribution in [2.75, 3.05) is 6.54 Å². The van der Waals surface area contributed by atoms with E-state index in [1.807, 2.05) is 6.92 Å². The van der Waals surface area contributed by atoms with E-state index in [1.165, 1.54) is 0 Å². The van der Waals surface area contributed by atoms with Gasteiger partial charge in [0, 0.05) is 25.0 Å². The molecule has 0 saturated carbocycles. The van der Waals surface area contributed by atoms with Crippen molar-refractivity contribution in [2.45, 2.75) is 51.3 Å². The number of hydrogen-bond acceptors (Lipinski definition) is 3. The van der Waals surface area contributed by atoms with E-state index in [-0.39, 0.29) is 18.0 Å². The van der Waals surface area contributed by atoms with Crippen LogP contribution in [0.5, 0.6) is 0 Å². The maximum absolute atomic E-state index is 11.2. The van der Waals surface area contributed by atoms with Gasteiger partial charge in [0.05, 0.1) is 5.60 Å². The van der Waals surface area contributed by atoms with Crippen LogP contribution in [0, 0.1) is 0 Å². The van der Waals surface area contributed by atoms with E-state index in [4.69, 9.17) is 0 Å². The van der Waals surface area contributed by atoms with E-state index in [9.17, 15) is 9.90 Å². The monoisotopic (exact) mass is 200 g/mol. The molecule has 1 amide bonds. The third-order valence-corrected chi connectivity index (χ3v) is 2.30. The average molecular weight is 200 g/mol. The average Bonchev–Trinajstić information content (AvgIpc) is 1.97. The molecule has 4 nitrogen and oxygen atoms in total. The van der Waals surface area contributed by atoms with Crippen LogP contribution < -0.4 is 10.6 Å². The summed E-state index contributed by atoms with van der Waals surface area (Å²) in [7, 11) is 0. The third kappa shape index (κ3) is 4.07. The first-order chi connectivity index (χ1) is 6.37. The largest absolute Gasteiger partial charge is 0.389 e. The van der Waals surface area contributed by atoms with Crippen LogP contribution in [0.4, 0.5) is 0 Å². The van der Waals surface area contributed by atoms with Gasteiger partial charge in [0.15, 0.2) is 0 Å². The second-order valence-electron chi connectivity index (χ2n) is 4.80. The second kappa shape index (κ2) is 4.28. The molecule has 1 aliphatic rings. The molecule has 0 aliphatic carbocycles. The molecule has 1 saturated heterocycles. The molecule has 0 spiro atoms. The van der Waals surface area contributed by atoms with Crippen LogP contribution >= 0.6 is 0 Å². The van der Waals surface area contributed by atoms with Crippen LogP contribution in [0.15, 0.2) is 0 Å². The van der Waals surface area contributed by atoms with Gasteiger partial charge < -0.3 is 15.7 Å². The SMILES string of the molecule is CC1CC(NCC(C)(C)O)CC(=O)N1. The molecular formula is C10H20N2O2. The number of carbonyl (C=O) groups excluding carboxylic acids is 1. The van der Waals surface area contributed by atoms with Crippen molar-refractivity contribution in [3.05, 3.63) is 0 Å². The zero-order chi connectivity index (χ0) is 10.8. The Labute approximate surface area is 85.1 Å². The Hall–Kier alpha value is -0.610. The van der Waals surface area contributed by atoms with Gasteiger partial charge in [-0.2, -0.15) is 0 Å². The summed E-state index contributed by atoms with van der Waals surface area (Å²) in [4.78, 5) is 11.2. The Morgan fingerprint density at radius 2 is 2.29 bits per heavy atom. The number of nitrogens with one attached hydrogen (secondary N) is 2. The summed E-state index contributed by atoms with van der Waals surface area (Å²) in [5.74, 6) is 0.0944. The molecule has 0 aromatic heterocycles. The van der Waals surface area contributed by atoms with E-state index in [0.717, 1.165) is 6.42 Å². The van der Waals surface area contributed by atoms with Crippen LogP contribution in [-0.4, -0.2) is 35.2 Å². The minimum absolute atomic E-state index is 0.0944. The predicted octanol–water partition coefficient (Wildman–Crippen LogP) is 0.0140. The van der Waals surface area contributed by atoms with Crippen LogP contribution in [0.1, 0.15) is 33.6 Å². The zero-order valence-electron chi connectivity index (χ0n) is 9.13. The Bertz CT molecular complexity index is 211. The minimum atomic E-state index is -0.711. The van der Waals surface area contributed by atoms with Crippen LogP contribution in [0.2, 0.25) is 0 Å². The van der Waals surface area contributed by atoms with Crippen LogP contribution in [0.3, 0.4) is 0 Å². The molecule has 2 atom stereocenters. The Balaban J connectivity index is 2.34. The molecule has 1 aliphatic heterocycles. The van der Waals surface area contributed by atoms with Gasteiger partial charge in [0.2, 0.25) is 5.91 Å². The van der Waals surface area contributed by atoms with Crippen molar-refractivity contribution < 1.29 is 9.90 Å². The highest BCUT2D eigenvalue weighted by atomic mass is 16.3. The molecule has 14 heavy (non-hydrogen) atoms. The lowest BCUT2D eigenvalue weighted by Crippen LogP contribution is -2.50. The van der Waals surface area contributed by atoms with Crippen LogP contribution in [0.25, 0.3) is 0 Å².